The molecular formula is C12H11N3O3. The van der Waals surface area contributed by atoms with Gasteiger partial charge in [0, 0.05) is 12.3 Å². The van der Waals surface area contributed by atoms with Crippen LogP contribution in [0.2, 0.25) is 0 Å². The minimum Gasteiger partial charge on any atom is -0.437 e. The standard InChI is InChI=1S/C12H11N3O3/c1-8-4-5-9(15(16)17)7-11(8)18-12-10(13)3-2-6-14-12/h2-7H,13H2,1H3. The Labute approximate surface area is 103 Å². The zero-order chi connectivity index (χ0) is 13.1. The molecule has 0 aliphatic heterocycles. The summed E-state index contributed by atoms with van der Waals surface area (Å²) >= 11 is 0. The summed E-state index contributed by atoms with van der Waals surface area (Å²) in [6.07, 6.45) is 1.54. The molecule has 2 aromatic rings. The molecule has 0 aliphatic carbocycles. The Morgan fingerprint density at radius 3 is 2.83 bits per heavy atom. The van der Waals surface area contributed by atoms with E-state index in [0.717, 1.165) is 5.56 Å². The normalized spacial score (nSPS) is 10.1. The average molecular weight is 245 g/mol. The van der Waals surface area contributed by atoms with Gasteiger partial charge in [0.25, 0.3) is 5.69 Å². The van der Waals surface area contributed by atoms with Crippen LogP contribution in [-0.2, 0) is 0 Å². The molecule has 1 aromatic heterocycles. The molecule has 6 heteroatoms. The molecule has 0 atom stereocenters. The highest BCUT2D eigenvalue weighted by Gasteiger charge is 2.11. The second kappa shape index (κ2) is 4.70. The number of hydrogen-bond donors (Lipinski definition) is 1. The fourth-order valence-electron chi connectivity index (χ4n) is 1.40. The molecule has 0 amide bonds. The number of hydrogen-bond acceptors (Lipinski definition) is 5. The van der Waals surface area contributed by atoms with Crippen molar-refractivity contribution in [1.82, 2.24) is 4.98 Å². The Bertz CT molecular complexity index is 599. The van der Waals surface area contributed by atoms with Crippen LogP contribution in [0.15, 0.2) is 36.5 Å². The van der Waals surface area contributed by atoms with Gasteiger partial charge in [-0.2, -0.15) is 0 Å². The van der Waals surface area contributed by atoms with Gasteiger partial charge in [0.15, 0.2) is 0 Å². The number of nitro benzene ring substituents is 1. The van der Waals surface area contributed by atoms with Crippen LogP contribution in [0.1, 0.15) is 5.56 Å². The predicted molar refractivity (Wildman–Crippen MR) is 66.6 cm³/mol. The zero-order valence-electron chi connectivity index (χ0n) is 9.66. The predicted octanol–water partition coefficient (Wildman–Crippen LogP) is 2.67. The summed E-state index contributed by atoms with van der Waals surface area (Å²) in [7, 11) is 0. The number of aromatic nitrogens is 1. The van der Waals surface area contributed by atoms with E-state index in [-0.39, 0.29) is 11.6 Å². The minimum atomic E-state index is -0.478. The van der Waals surface area contributed by atoms with E-state index in [1.54, 1.807) is 31.3 Å². The number of ether oxygens (including phenoxy) is 1. The van der Waals surface area contributed by atoms with E-state index >= 15 is 0 Å². The van der Waals surface area contributed by atoms with Crippen LogP contribution in [0.3, 0.4) is 0 Å². The first kappa shape index (κ1) is 11.8. The lowest BCUT2D eigenvalue weighted by atomic mass is 10.2. The Balaban J connectivity index is 2.37. The molecule has 18 heavy (non-hydrogen) atoms. The summed E-state index contributed by atoms with van der Waals surface area (Å²) in [5.41, 5.74) is 6.81. The van der Waals surface area contributed by atoms with Gasteiger partial charge in [-0.25, -0.2) is 4.98 Å². The Morgan fingerprint density at radius 1 is 1.39 bits per heavy atom. The van der Waals surface area contributed by atoms with E-state index in [9.17, 15) is 10.1 Å². The second-order valence-electron chi connectivity index (χ2n) is 3.71. The molecule has 2 rings (SSSR count). The van der Waals surface area contributed by atoms with Gasteiger partial charge >= 0.3 is 0 Å². The van der Waals surface area contributed by atoms with Gasteiger partial charge < -0.3 is 10.5 Å². The van der Waals surface area contributed by atoms with Gasteiger partial charge in [-0.1, -0.05) is 0 Å². The van der Waals surface area contributed by atoms with Crippen LogP contribution < -0.4 is 10.5 Å². The van der Waals surface area contributed by atoms with Gasteiger partial charge in [-0.3, -0.25) is 10.1 Å². The maximum absolute atomic E-state index is 10.7. The molecular weight excluding hydrogens is 234 g/mol. The molecule has 0 aliphatic rings. The summed E-state index contributed by atoms with van der Waals surface area (Å²) < 4.78 is 5.49. The van der Waals surface area contributed by atoms with Crippen molar-refractivity contribution in [3.05, 3.63) is 52.2 Å². The first-order valence-electron chi connectivity index (χ1n) is 5.21. The summed E-state index contributed by atoms with van der Waals surface area (Å²) in [5.74, 6) is 0.607. The van der Waals surface area contributed by atoms with Crippen LogP contribution in [0, 0.1) is 17.0 Å². The molecule has 0 spiro atoms. The molecule has 2 N–H and O–H groups in total. The van der Waals surface area contributed by atoms with E-state index in [4.69, 9.17) is 10.5 Å². The fourth-order valence-corrected chi connectivity index (χ4v) is 1.40. The summed E-state index contributed by atoms with van der Waals surface area (Å²) in [5, 5.41) is 10.7. The molecule has 92 valence electrons. The number of non-ortho nitro benzene ring substituents is 1. The highest BCUT2D eigenvalue weighted by Crippen LogP contribution is 2.30. The van der Waals surface area contributed by atoms with Gasteiger partial charge in [0.05, 0.1) is 16.7 Å². The molecule has 0 saturated carbocycles. The zero-order valence-corrected chi connectivity index (χ0v) is 9.66. The minimum absolute atomic E-state index is 0.0369. The third kappa shape index (κ3) is 2.37. The fraction of sp³-hybridized carbons (Fsp3) is 0.0833. The lowest BCUT2D eigenvalue weighted by molar-refractivity contribution is -0.384. The number of nitrogens with two attached hydrogens (primary N) is 1. The van der Waals surface area contributed by atoms with Crippen LogP contribution >= 0.6 is 0 Å². The number of benzene rings is 1. The van der Waals surface area contributed by atoms with Crippen molar-refractivity contribution in [2.75, 3.05) is 5.73 Å². The lowest BCUT2D eigenvalue weighted by Crippen LogP contribution is -1.96. The van der Waals surface area contributed by atoms with Gasteiger partial charge in [0.2, 0.25) is 5.88 Å². The number of nitro groups is 1. The summed E-state index contributed by atoms with van der Waals surface area (Å²) in [4.78, 5) is 14.2. The van der Waals surface area contributed by atoms with Crippen LogP contribution in [-0.4, -0.2) is 9.91 Å². The molecule has 0 fully saturated rings. The van der Waals surface area contributed by atoms with E-state index in [2.05, 4.69) is 4.98 Å². The molecule has 6 nitrogen and oxygen atoms in total. The second-order valence-corrected chi connectivity index (χ2v) is 3.71. The Kier molecular flexibility index (Phi) is 3.09. The molecule has 0 bridgehead atoms. The maximum atomic E-state index is 10.7. The third-order valence-corrected chi connectivity index (χ3v) is 2.39. The van der Waals surface area contributed by atoms with Crippen molar-refractivity contribution in [3.8, 4) is 11.6 Å². The van der Waals surface area contributed by atoms with Gasteiger partial charge in [0.1, 0.15) is 5.75 Å². The monoisotopic (exact) mass is 245 g/mol. The molecule has 0 saturated heterocycles. The van der Waals surface area contributed by atoms with E-state index < -0.39 is 4.92 Å². The van der Waals surface area contributed by atoms with Crippen molar-refractivity contribution in [2.45, 2.75) is 6.92 Å². The highest BCUT2D eigenvalue weighted by molar-refractivity contribution is 5.51. The number of rotatable bonds is 3. The van der Waals surface area contributed by atoms with Crippen LogP contribution in [0.25, 0.3) is 0 Å². The van der Waals surface area contributed by atoms with Gasteiger partial charge in [-0.15, -0.1) is 0 Å². The number of nitrogens with zero attached hydrogens (tertiary/aromatic N) is 2. The lowest BCUT2D eigenvalue weighted by Gasteiger charge is -2.08. The SMILES string of the molecule is Cc1ccc([N+](=O)[O-])cc1Oc1ncccc1N. The average Bonchev–Trinajstić information content (AvgIpc) is 2.34. The summed E-state index contributed by atoms with van der Waals surface area (Å²) in [6.45, 7) is 1.79. The number of pyridine rings is 1. The quantitative estimate of drug-likeness (QED) is 0.663. The smallest absolute Gasteiger partial charge is 0.273 e. The Morgan fingerprint density at radius 2 is 2.17 bits per heavy atom. The molecule has 1 heterocycles. The largest absolute Gasteiger partial charge is 0.437 e. The molecule has 1 aromatic carbocycles. The maximum Gasteiger partial charge on any atom is 0.273 e. The highest BCUT2D eigenvalue weighted by atomic mass is 16.6. The van der Waals surface area contributed by atoms with Crippen molar-refractivity contribution < 1.29 is 9.66 Å². The van der Waals surface area contributed by atoms with E-state index in [1.807, 2.05) is 0 Å². The first-order chi connectivity index (χ1) is 8.58. The number of anilines is 1. The van der Waals surface area contributed by atoms with Crippen LogP contribution in [0.4, 0.5) is 11.4 Å². The van der Waals surface area contributed by atoms with Crippen molar-refractivity contribution in [1.29, 1.82) is 0 Å². The summed E-state index contributed by atoms with van der Waals surface area (Å²) in [6, 6.07) is 7.72. The van der Waals surface area contributed by atoms with Crippen molar-refractivity contribution in [2.24, 2.45) is 0 Å². The van der Waals surface area contributed by atoms with Crippen molar-refractivity contribution in [3.63, 3.8) is 0 Å². The number of nitrogen functional groups attached to an aromatic ring is 1. The van der Waals surface area contributed by atoms with Crippen LogP contribution in [0.5, 0.6) is 11.6 Å². The van der Waals surface area contributed by atoms with E-state index in [1.165, 1.54) is 12.1 Å². The van der Waals surface area contributed by atoms with Gasteiger partial charge in [-0.05, 0) is 30.7 Å². The first-order valence-corrected chi connectivity index (χ1v) is 5.21. The Hall–Kier alpha value is -2.63. The van der Waals surface area contributed by atoms with Crippen molar-refractivity contribution >= 4 is 11.4 Å². The molecule has 0 unspecified atom stereocenters. The topological polar surface area (TPSA) is 91.3 Å². The van der Waals surface area contributed by atoms with E-state index in [0.29, 0.717) is 11.4 Å². The number of aryl methyl sites for hydroxylation is 1. The molecule has 0 radical (unpaired) electrons. The third-order valence-electron chi connectivity index (χ3n) is 2.39.